The van der Waals surface area contributed by atoms with Gasteiger partial charge >= 0.3 is 0 Å². The van der Waals surface area contributed by atoms with Crippen LogP contribution in [0.15, 0.2) is 48.0 Å². The van der Waals surface area contributed by atoms with Crippen LogP contribution in [-0.4, -0.2) is 54.0 Å². The molecule has 9 heteroatoms. The number of hydrogen-bond donors (Lipinski definition) is 1. The number of nitro groups is 1. The number of methoxy groups -OCH3 is 2. The molecule has 1 aliphatic rings. The highest BCUT2D eigenvalue weighted by Crippen LogP contribution is 2.40. The van der Waals surface area contributed by atoms with Crippen LogP contribution in [0.1, 0.15) is 22.7 Å². The fourth-order valence-corrected chi connectivity index (χ4v) is 3.60. The van der Waals surface area contributed by atoms with Crippen molar-refractivity contribution in [2.45, 2.75) is 13.0 Å². The van der Waals surface area contributed by atoms with Crippen molar-refractivity contribution in [3.63, 3.8) is 0 Å². The molecule has 1 fully saturated rings. The summed E-state index contributed by atoms with van der Waals surface area (Å²) in [6.07, 6.45) is 0. The number of likely N-dealkylation sites (tertiary alicyclic amines) is 1. The van der Waals surface area contributed by atoms with Gasteiger partial charge in [0.25, 0.3) is 17.4 Å². The van der Waals surface area contributed by atoms with Crippen LogP contribution in [0.5, 0.6) is 5.75 Å². The van der Waals surface area contributed by atoms with Gasteiger partial charge in [-0.15, -0.1) is 0 Å². The molecule has 9 nitrogen and oxygen atoms in total. The molecule has 1 saturated heterocycles. The Morgan fingerprint density at radius 1 is 1.16 bits per heavy atom. The summed E-state index contributed by atoms with van der Waals surface area (Å²) >= 11 is 0. The Morgan fingerprint density at radius 2 is 1.84 bits per heavy atom. The van der Waals surface area contributed by atoms with Crippen molar-refractivity contribution >= 4 is 23.1 Å². The summed E-state index contributed by atoms with van der Waals surface area (Å²) in [6.45, 7) is 2.04. The van der Waals surface area contributed by atoms with E-state index in [1.165, 1.54) is 43.4 Å². The van der Waals surface area contributed by atoms with Crippen LogP contribution in [0.25, 0.3) is 5.76 Å². The van der Waals surface area contributed by atoms with Crippen molar-refractivity contribution in [3.8, 4) is 5.75 Å². The number of aryl methyl sites for hydroxylation is 1. The van der Waals surface area contributed by atoms with E-state index >= 15 is 0 Å². The minimum Gasteiger partial charge on any atom is -0.507 e. The molecule has 31 heavy (non-hydrogen) atoms. The Kier molecular flexibility index (Phi) is 6.36. The maximum atomic E-state index is 12.9. The summed E-state index contributed by atoms with van der Waals surface area (Å²) < 4.78 is 10.2. The third-order valence-electron chi connectivity index (χ3n) is 5.18. The van der Waals surface area contributed by atoms with Gasteiger partial charge in [0.15, 0.2) is 0 Å². The average molecular weight is 426 g/mol. The third kappa shape index (κ3) is 4.13. The number of nitrogens with zero attached hydrogens (tertiary/aromatic N) is 2. The Bertz CT molecular complexity index is 1060. The van der Waals surface area contributed by atoms with E-state index < -0.39 is 22.7 Å². The largest absolute Gasteiger partial charge is 0.507 e. The van der Waals surface area contributed by atoms with Crippen molar-refractivity contribution in [1.82, 2.24) is 4.90 Å². The van der Waals surface area contributed by atoms with E-state index in [0.29, 0.717) is 22.4 Å². The van der Waals surface area contributed by atoms with Crippen molar-refractivity contribution in [2.75, 3.05) is 27.4 Å². The maximum Gasteiger partial charge on any atom is 0.295 e. The van der Waals surface area contributed by atoms with Gasteiger partial charge in [-0.3, -0.25) is 19.7 Å². The van der Waals surface area contributed by atoms with E-state index in [2.05, 4.69) is 0 Å². The normalized spacial score (nSPS) is 17.8. The van der Waals surface area contributed by atoms with Gasteiger partial charge in [-0.1, -0.05) is 0 Å². The first-order valence-corrected chi connectivity index (χ1v) is 9.46. The summed E-state index contributed by atoms with van der Waals surface area (Å²) in [5.74, 6) is -1.33. The molecule has 0 spiro atoms. The average Bonchev–Trinajstić information content (AvgIpc) is 3.01. The number of hydrogen-bond acceptors (Lipinski definition) is 7. The van der Waals surface area contributed by atoms with Crippen LogP contribution in [0, 0.1) is 17.0 Å². The molecule has 1 aliphatic heterocycles. The number of non-ortho nitro benzene ring substituents is 1. The molecule has 2 aromatic rings. The maximum absolute atomic E-state index is 12.9. The van der Waals surface area contributed by atoms with Crippen LogP contribution in [0.4, 0.5) is 5.69 Å². The Hall–Kier alpha value is -3.72. The summed E-state index contributed by atoms with van der Waals surface area (Å²) in [5, 5.41) is 22.1. The van der Waals surface area contributed by atoms with Crippen molar-refractivity contribution in [2.24, 2.45) is 0 Å². The number of rotatable bonds is 7. The first-order chi connectivity index (χ1) is 14.8. The lowest BCUT2D eigenvalue weighted by atomic mass is 9.93. The SMILES string of the molecule is COCCN1C(=O)C(=O)/C(=C(/O)c2ccc(OC)cc2C)[C@H]1c1ccc([N+](=O)[O-])cc1. The second kappa shape index (κ2) is 8.97. The predicted molar refractivity (Wildman–Crippen MR) is 112 cm³/mol. The fraction of sp³-hybridized carbons (Fsp3) is 0.273. The van der Waals surface area contributed by atoms with Gasteiger partial charge in [0.05, 0.1) is 30.3 Å². The van der Waals surface area contributed by atoms with E-state index in [1.807, 2.05) is 0 Å². The van der Waals surface area contributed by atoms with Crippen LogP contribution < -0.4 is 4.74 Å². The highest BCUT2D eigenvalue weighted by atomic mass is 16.6. The fourth-order valence-electron chi connectivity index (χ4n) is 3.60. The van der Waals surface area contributed by atoms with Gasteiger partial charge in [-0.2, -0.15) is 0 Å². The zero-order chi connectivity index (χ0) is 22.7. The van der Waals surface area contributed by atoms with Crippen LogP contribution >= 0.6 is 0 Å². The van der Waals surface area contributed by atoms with Crippen LogP contribution in [0.3, 0.4) is 0 Å². The quantitative estimate of drug-likeness (QED) is 0.238. The second-order valence-corrected chi connectivity index (χ2v) is 7.01. The number of amides is 1. The van der Waals surface area contributed by atoms with Gasteiger partial charge < -0.3 is 19.5 Å². The molecule has 3 rings (SSSR count). The molecule has 0 aromatic heterocycles. The van der Waals surface area contributed by atoms with Crippen molar-refractivity contribution in [1.29, 1.82) is 0 Å². The van der Waals surface area contributed by atoms with Gasteiger partial charge in [0.2, 0.25) is 0 Å². The molecule has 0 radical (unpaired) electrons. The number of ketones is 1. The molecule has 0 aliphatic carbocycles. The molecule has 1 atom stereocenters. The standard InChI is InChI=1S/C22H22N2O7/c1-13-12-16(31-3)8-9-17(13)20(25)18-19(14-4-6-15(7-5-14)24(28)29)23(10-11-30-2)22(27)21(18)26/h4-9,12,19,25H,10-11H2,1-3H3/b20-18+/t19-/m1/s1. The Morgan fingerprint density at radius 3 is 2.39 bits per heavy atom. The van der Waals surface area contributed by atoms with Crippen LogP contribution in [0.2, 0.25) is 0 Å². The summed E-state index contributed by atoms with van der Waals surface area (Å²) in [7, 11) is 2.99. The van der Waals surface area contributed by atoms with Crippen molar-refractivity contribution in [3.05, 3.63) is 74.8 Å². The van der Waals surface area contributed by atoms with E-state index in [1.54, 1.807) is 25.1 Å². The third-order valence-corrected chi connectivity index (χ3v) is 5.18. The topological polar surface area (TPSA) is 119 Å². The minimum atomic E-state index is -0.905. The zero-order valence-electron chi connectivity index (χ0n) is 17.3. The molecule has 2 aromatic carbocycles. The summed E-state index contributed by atoms with van der Waals surface area (Å²) in [4.78, 5) is 37.4. The molecule has 0 saturated carbocycles. The van der Waals surface area contributed by atoms with E-state index in [-0.39, 0.29) is 30.2 Å². The highest BCUT2D eigenvalue weighted by Gasteiger charge is 2.46. The first kappa shape index (κ1) is 22.0. The van der Waals surface area contributed by atoms with E-state index in [4.69, 9.17) is 9.47 Å². The van der Waals surface area contributed by atoms with E-state index in [9.17, 15) is 24.8 Å². The molecule has 1 amide bonds. The molecule has 1 N–H and O–H groups in total. The Labute approximate surface area is 178 Å². The molecule has 1 heterocycles. The van der Waals surface area contributed by atoms with Gasteiger partial charge in [-0.05, 0) is 48.4 Å². The molecule has 0 bridgehead atoms. The number of carbonyl (C=O) groups excluding carboxylic acids is 2. The smallest absolute Gasteiger partial charge is 0.295 e. The van der Waals surface area contributed by atoms with Crippen molar-refractivity contribution < 1.29 is 29.1 Å². The highest BCUT2D eigenvalue weighted by molar-refractivity contribution is 6.46. The van der Waals surface area contributed by atoms with Crippen LogP contribution in [-0.2, 0) is 14.3 Å². The minimum absolute atomic E-state index is 0.0803. The number of aliphatic hydroxyl groups is 1. The molecular weight excluding hydrogens is 404 g/mol. The molecule has 162 valence electrons. The predicted octanol–water partition coefficient (Wildman–Crippen LogP) is 2.98. The lowest BCUT2D eigenvalue weighted by Gasteiger charge is -2.25. The monoisotopic (exact) mass is 426 g/mol. The van der Waals surface area contributed by atoms with Gasteiger partial charge in [0, 0.05) is 31.4 Å². The number of aliphatic hydroxyl groups excluding tert-OH is 1. The number of Topliss-reactive ketones (excluding diaryl/α,β-unsaturated/α-hetero) is 1. The van der Waals surface area contributed by atoms with Gasteiger partial charge in [0.1, 0.15) is 11.5 Å². The molecular formula is C22H22N2O7. The lowest BCUT2D eigenvalue weighted by Crippen LogP contribution is -2.32. The number of ether oxygens (including phenoxy) is 2. The van der Waals surface area contributed by atoms with E-state index in [0.717, 1.165) is 0 Å². The summed E-state index contributed by atoms with van der Waals surface area (Å²) in [5.41, 5.74) is 1.31. The lowest BCUT2D eigenvalue weighted by molar-refractivity contribution is -0.384. The first-order valence-electron chi connectivity index (χ1n) is 9.46. The number of carbonyl (C=O) groups is 2. The summed E-state index contributed by atoms with van der Waals surface area (Å²) in [6, 6.07) is 9.59. The zero-order valence-corrected chi connectivity index (χ0v) is 17.3. The van der Waals surface area contributed by atoms with Gasteiger partial charge in [-0.25, -0.2) is 0 Å². The Balaban J connectivity index is 2.17. The second-order valence-electron chi connectivity index (χ2n) is 7.01. The number of benzene rings is 2. The molecule has 0 unspecified atom stereocenters. The number of nitro benzene ring substituents is 1.